The highest BCUT2D eigenvalue weighted by Crippen LogP contribution is 1.88. The number of carbonyl (C=O) groups excluding carboxylic acids is 2. The van der Waals surface area contributed by atoms with Gasteiger partial charge in [0.15, 0.2) is 0 Å². The summed E-state index contributed by atoms with van der Waals surface area (Å²) in [6, 6.07) is 0. The fourth-order valence-corrected chi connectivity index (χ4v) is 0.834. The molecule has 12 heavy (non-hydrogen) atoms. The Morgan fingerprint density at radius 1 is 1.17 bits per heavy atom. The molecule has 0 fully saturated rings. The van der Waals surface area contributed by atoms with Crippen LogP contribution < -0.4 is 5.32 Å². The van der Waals surface area contributed by atoms with Gasteiger partial charge in [-0.1, -0.05) is 13.8 Å². The lowest BCUT2D eigenvalue weighted by Gasteiger charge is -2.01. The molecule has 0 heterocycles. The predicted octanol–water partition coefficient (Wildman–Crippen LogP) is 1.27. The largest absolute Gasteiger partial charge is 0.356 e. The smallest absolute Gasteiger partial charge is 0.219 e. The minimum Gasteiger partial charge on any atom is -0.356 e. The number of amides is 1. The number of nitrogens with one attached hydrogen (secondary N) is 1. The molecule has 0 rings (SSSR count). The van der Waals surface area contributed by atoms with Crippen molar-refractivity contribution in [3.63, 3.8) is 0 Å². The van der Waals surface area contributed by atoms with E-state index in [1.165, 1.54) is 0 Å². The van der Waals surface area contributed by atoms with Crippen molar-refractivity contribution in [3.8, 4) is 0 Å². The molecule has 0 spiro atoms. The van der Waals surface area contributed by atoms with E-state index in [-0.39, 0.29) is 11.7 Å². The molecule has 0 aliphatic rings. The minimum absolute atomic E-state index is 0.0430. The third-order valence-corrected chi connectivity index (χ3v) is 1.60. The zero-order chi connectivity index (χ0) is 9.40. The second-order valence-corrected chi connectivity index (χ2v) is 2.74. The van der Waals surface area contributed by atoms with E-state index in [1.54, 1.807) is 0 Å². The molecule has 0 aliphatic carbocycles. The summed E-state index contributed by atoms with van der Waals surface area (Å²) in [5.41, 5.74) is 0. The SMILES string of the molecule is CCCC(=O)NCCC(=O)CC. The highest BCUT2D eigenvalue weighted by molar-refractivity contribution is 5.80. The Kier molecular flexibility index (Phi) is 6.34. The highest BCUT2D eigenvalue weighted by atomic mass is 16.1. The van der Waals surface area contributed by atoms with Crippen molar-refractivity contribution in [1.82, 2.24) is 5.32 Å². The van der Waals surface area contributed by atoms with E-state index in [1.807, 2.05) is 13.8 Å². The third kappa shape index (κ3) is 5.89. The lowest BCUT2D eigenvalue weighted by molar-refractivity contribution is -0.121. The van der Waals surface area contributed by atoms with Crippen molar-refractivity contribution in [2.24, 2.45) is 0 Å². The van der Waals surface area contributed by atoms with E-state index >= 15 is 0 Å². The molecule has 0 aliphatic heterocycles. The van der Waals surface area contributed by atoms with Gasteiger partial charge in [0.25, 0.3) is 0 Å². The van der Waals surface area contributed by atoms with Crippen LogP contribution in [0, 0.1) is 0 Å². The number of rotatable bonds is 6. The van der Waals surface area contributed by atoms with Crippen molar-refractivity contribution in [2.45, 2.75) is 39.5 Å². The summed E-state index contributed by atoms with van der Waals surface area (Å²) in [5, 5.41) is 2.69. The van der Waals surface area contributed by atoms with Gasteiger partial charge < -0.3 is 5.32 Å². The van der Waals surface area contributed by atoms with E-state index in [2.05, 4.69) is 5.32 Å². The summed E-state index contributed by atoms with van der Waals surface area (Å²) < 4.78 is 0. The minimum atomic E-state index is 0.0430. The van der Waals surface area contributed by atoms with E-state index in [0.29, 0.717) is 25.8 Å². The van der Waals surface area contributed by atoms with E-state index in [9.17, 15) is 9.59 Å². The Morgan fingerprint density at radius 2 is 1.83 bits per heavy atom. The maximum absolute atomic E-state index is 10.9. The lowest BCUT2D eigenvalue weighted by atomic mass is 10.2. The van der Waals surface area contributed by atoms with Gasteiger partial charge in [-0.05, 0) is 6.42 Å². The van der Waals surface area contributed by atoms with Crippen LogP contribution >= 0.6 is 0 Å². The molecule has 70 valence electrons. The van der Waals surface area contributed by atoms with Gasteiger partial charge in [0, 0.05) is 25.8 Å². The van der Waals surface area contributed by atoms with Gasteiger partial charge in [-0.25, -0.2) is 0 Å². The van der Waals surface area contributed by atoms with E-state index < -0.39 is 0 Å². The van der Waals surface area contributed by atoms with Crippen LogP contribution in [0.15, 0.2) is 0 Å². The van der Waals surface area contributed by atoms with Gasteiger partial charge in [0.1, 0.15) is 5.78 Å². The van der Waals surface area contributed by atoms with E-state index in [0.717, 1.165) is 6.42 Å². The summed E-state index contributed by atoms with van der Waals surface area (Å²) in [7, 11) is 0. The van der Waals surface area contributed by atoms with Crippen LogP contribution in [0.2, 0.25) is 0 Å². The Bertz CT molecular complexity index is 155. The van der Waals surface area contributed by atoms with Crippen LogP contribution in [-0.2, 0) is 9.59 Å². The molecule has 0 radical (unpaired) electrons. The molecule has 0 saturated carbocycles. The second-order valence-electron chi connectivity index (χ2n) is 2.74. The molecule has 0 aromatic rings. The van der Waals surface area contributed by atoms with Gasteiger partial charge in [-0.3, -0.25) is 9.59 Å². The molecular formula is C9H17NO2. The molecule has 0 bridgehead atoms. The Hall–Kier alpha value is -0.860. The average Bonchev–Trinajstić information content (AvgIpc) is 2.04. The number of Topliss-reactive ketones (excluding diaryl/α,β-unsaturated/α-hetero) is 1. The van der Waals surface area contributed by atoms with Gasteiger partial charge in [0.2, 0.25) is 5.91 Å². The van der Waals surface area contributed by atoms with E-state index in [4.69, 9.17) is 0 Å². The fraction of sp³-hybridized carbons (Fsp3) is 0.778. The summed E-state index contributed by atoms with van der Waals surface area (Å²) in [5.74, 6) is 0.244. The second kappa shape index (κ2) is 6.83. The Morgan fingerprint density at radius 3 is 2.33 bits per heavy atom. The molecule has 1 amide bonds. The summed E-state index contributed by atoms with van der Waals surface area (Å²) in [4.78, 5) is 21.7. The van der Waals surface area contributed by atoms with Gasteiger partial charge in [0.05, 0.1) is 0 Å². The lowest BCUT2D eigenvalue weighted by Crippen LogP contribution is -2.25. The number of ketones is 1. The van der Waals surface area contributed by atoms with Crippen LogP contribution in [0.25, 0.3) is 0 Å². The Balaban J connectivity index is 3.30. The third-order valence-electron chi connectivity index (χ3n) is 1.60. The van der Waals surface area contributed by atoms with Crippen LogP contribution in [0.4, 0.5) is 0 Å². The molecule has 0 atom stereocenters. The molecule has 1 N–H and O–H groups in total. The normalized spacial score (nSPS) is 9.50. The predicted molar refractivity (Wildman–Crippen MR) is 47.8 cm³/mol. The summed E-state index contributed by atoms with van der Waals surface area (Å²) in [6.07, 6.45) is 2.43. The highest BCUT2D eigenvalue weighted by Gasteiger charge is 2.00. The number of carbonyl (C=O) groups is 2. The quantitative estimate of drug-likeness (QED) is 0.654. The van der Waals surface area contributed by atoms with Crippen LogP contribution in [0.5, 0.6) is 0 Å². The van der Waals surface area contributed by atoms with Crippen molar-refractivity contribution in [3.05, 3.63) is 0 Å². The standard InChI is InChI=1S/C9H17NO2/c1-3-5-9(12)10-7-6-8(11)4-2/h3-7H2,1-2H3,(H,10,12). The maximum Gasteiger partial charge on any atom is 0.219 e. The monoisotopic (exact) mass is 171 g/mol. The summed E-state index contributed by atoms with van der Waals surface area (Å²) >= 11 is 0. The van der Waals surface area contributed by atoms with Gasteiger partial charge >= 0.3 is 0 Å². The fourth-order valence-electron chi connectivity index (χ4n) is 0.834. The molecule has 0 saturated heterocycles. The zero-order valence-electron chi connectivity index (χ0n) is 7.85. The maximum atomic E-state index is 10.9. The van der Waals surface area contributed by atoms with Crippen LogP contribution in [0.3, 0.4) is 0 Å². The molecule has 0 aromatic carbocycles. The molecule has 0 unspecified atom stereocenters. The number of hydrogen-bond donors (Lipinski definition) is 1. The van der Waals surface area contributed by atoms with Gasteiger partial charge in [-0.15, -0.1) is 0 Å². The average molecular weight is 171 g/mol. The molecular weight excluding hydrogens is 154 g/mol. The summed E-state index contributed by atoms with van der Waals surface area (Å²) in [6.45, 7) is 4.28. The zero-order valence-corrected chi connectivity index (χ0v) is 7.85. The molecule has 0 aromatic heterocycles. The molecule has 3 heteroatoms. The Labute approximate surface area is 73.5 Å². The van der Waals surface area contributed by atoms with Crippen molar-refractivity contribution < 1.29 is 9.59 Å². The molecule has 3 nitrogen and oxygen atoms in total. The first kappa shape index (κ1) is 11.1. The van der Waals surface area contributed by atoms with Crippen molar-refractivity contribution in [1.29, 1.82) is 0 Å². The van der Waals surface area contributed by atoms with Crippen LogP contribution in [-0.4, -0.2) is 18.2 Å². The topological polar surface area (TPSA) is 46.2 Å². The first-order valence-corrected chi connectivity index (χ1v) is 4.49. The number of hydrogen-bond acceptors (Lipinski definition) is 2. The first-order valence-electron chi connectivity index (χ1n) is 4.49. The van der Waals surface area contributed by atoms with Crippen molar-refractivity contribution >= 4 is 11.7 Å². The van der Waals surface area contributed by atoms with Gasteiger partial charge in [-0.2, -0.15) is 0 Å². The van der Waals surface area contributed by atoms with Crippen LogP contribution in [0.1, 0.15) is 39.5 Å². The van der Waals surface area contributed by atoms with Crippen molar-refractivity contribution in [2.75, 3.05) is 6.54 Å². The first-order chi connectivity index (χ1) is 5.70.